The van der Waals surface area contributed by atoms with Crippen LogP contribution in [0.2, 0.25) is 5.15 Å². The SMILES string of the molecule is Cc1cc(SCc2nc(Cl)c3ccsc3n2)n(C)n1. The Bertz CT molecular complexity index is 734. The molecule has 4 nitrogen and oxygen atoms in total. The molecule has 3 rings (SSSR count). The summed E-state index contributed by atoms with van der Waals surface area (Å²) in [5.41, 5.74) is 1.01. The summed E-state index contributed by atoms with van der Waals surface area (Å²) in [5.74, 6) is 1.44. The van der Waals surface area contributed by atoms with Gasteiger partial charge in [-0.2, -0.15) is 5.10 Å². The maximum atomic E-state index is 6.15. The number of thioether (sulfide) groups is 1. The number of rotatable bonds is 3. The van der Waals surface area contributed by atoms with E-state index in [1.807, 2.05) is 30.1 Å². The van der Waals surface area contributed by atoms with E-state index in [1.54, 1.807) is 23.1 Å². The number of fused-ring (bicyclic) bond motifs is 1. The zero-order chi connectivity index (χ0) is 13.4. The maximum Gasteiger partial charge on any atom is 0.142 e. The number of nitrogens with zero attached hydrogens (tertiary/aromatic N) is 4. The van der Waals surface area contributed by atoms with E-state index in [1.165, 1.54) is 0 Å². The summed E-state index contributed by atoms with van der Waals surface area (Å²) in [7, 11) is 1.94. The molecule has 3 aromatic heterocycles. The van der Waals surface area contributed by atoms with Gasteiger partial charge in [0.15, 0.2) is 0 Å². The van der Waals surface area contributed by atoms with Crippen LogP contribution in [0.3, 0.4) is 0 Å². The predicted octanol–water partition coefficient (Wildman–Crippen LogP) is 3.68. The monoisotopic (exact) mass is 310 g/mol. The Morgan fingerprint density at radius 3 is 3.00 bits per heavy atom. The number of aryl methyl sites for hydroxylation is 2. The molecule has 3 heterocycles. The minimum Gasteiger partial charge on any atom is -0.262 e. The molecule has 0 atom stereocenters. The van der Waals surface area contributed by atoms with Crippen LogP contribution in [0.1, 0.15) is 11.5 Å². The van der Waals surface area contributed by atoms with E-state index < -0.39 is 0 Å². The van der Waals surface area contributed by atoms with Gasteiger partial charge >= 0.3 is 0 Å². The van der Waals surface area contributed by atoms with Crippen LogP contribution in [-0.4, -0.2) is 19.7 Å². The Kier molecular flexibility index (Phi) is 3.47. The highest BCUT2D eigenvalue weighted by Gasteiger charge is 2.09. The van der Waals surface area contributed by atoms with Gasteiger partial charge in [0.1, 0.15) is 15.8 Å². The Labute approximate surface area is 123 Å². The molecule has 0 bridgehead atoms. The molecule has 0 aliphatic carbocycles. The van der Waals surface area contributed by atoms with Crippen molar-refractivity contribution in [2.75, 3.05) is 0 Å². The van der Waals surface area contributed by atoms with Crippen LogP contribution < -0.4 is 0 Å². The van der Waals surface area contributed by atoms with Crippen molar-refractivity contribution in [2.24, 2.45) is 7.05 Å². The largest absolute Gasteiger partial charge is 0.262 e. The second kappa shape index (κ2) is 5.11. The molecule has 0 fully saturated rings. The van der Waals surface area contributed by atoms with Crippen LogP contribution in [0.25, 0.3) is 10.2 Å². The third kappa shape index (κ3) is 2.61. The van der Waals surface area contributed by atoms with E-state index in [0.29, 0.717) is 10.9 Å². The highest BCUT2D eigenvalue weighted by Crippen LogP contribution is 2.27. The average molecular weight is 311 g/mol. The molecule has 0 aliphatic rings. The van der Waals surface area contributed by atoms with Gasteiger partial charge in [-0.3, -0.25) is 4.68 Å². The molecular weight excluding hydrogens is 300 g/mol. The van der Waals surface area contributed by atoms with E-state index in [-0.39, 0.29) is 0 Å². The lowest BCUT2D eigenvalue weighted by Gasteiger charge is -2.02. The number of thiophene rings is 1. The highest BCUT2D eigenvalue weighted by molar-refractivity contribution is 7.98. The molecule has 0 spiro atoms. The van der Waals surface area contributed by atoms with E-state index >= 15 is 0 Å². The average Bonchev–Trinajstić information content (AvgIpc) is 2.93. The summed E-state index contributed by atoms with van der Waals surface area (Å²) >= 11 is 9.39. The molecule has 98 valence electrons. The van der Waals surface area contributed by atoms with Crippen LogP contribution in [0, 0.1) is 6.92 Å². The second-order valence-electron chi connectivity index (χ2n) is 4.11. The molecule has 19 heavy (non-hydrogen) atoms. The van der Waals surface area contributed by atoms with Crippen molar-refractivity contribution >= 4 is 44.9 Å². The van der Waals surface area contributed by atoms with Crippen molar-refractivity contribution in [3.8, 4) is 0 Å². The van der Waals surface area contributed by atoms with Gasteiger partial charge in [-0.25, -0.2) is 9.97 Å². The third-order valence-corrected chi connectivity index (χ3v) is 4.81. The molecule has 0 N–H and O–H groups in total. The van der Waals surface area contributed by atoms with E-state index in [2.05, 4.69) is 21.1 Å². The minimum absolute atomic E-state index is 0.531. The van der Waals surface area contributed by atoms with Gasteiger partial charge < -0.3 is 0 Å². The van der Waals surface area contributed by atoms with Crippen LogP contribution >= 0.6 is 34.7 Å². The zero-order valence-electron chi connectivity index (χ0n) is 10.4. The van der Waals surface area contributed by atoms with Gasteiger partial charge in [-0.15, -0.1) is 11.3 Å². The van der Waals surface area contributed by atoms with Gasteiger partial charge in [-0.05, 0) is 24.4 Å². The Hall–Kier alpha value is -1.11. The van der Waals surface area contributed by atoms with Crippen LogP contribution in [-0.2, 0) is 12.8 Å². The predicted molar refractivity (Wildman–Crippen MR) is 79.9 cm³/mol. The quantitative estimate of drug-likeness (QED) is 0.547. The molecule has 0 radical (unpaired) electrons. The molecule has 0 unspecified atom stereocenters. The summed E-state index contributed by atoms with van der Waals surface area (Å²) < 4.78 is 1.87. The third-order valence-electron chi connectivity index (χ3n) is 2.63. The molecule has 0 saturated heterocycles. The van der Waals surface area contributed by atoms with Crippen molar-refractivity contribution in [3.05, 3.63) is 34.2 Å². The summed E-state index contributed by atoms with van der Waals surface area (Å²) in [6, 6.07) is 4.00. The molecule has 0 aromatic carbocycles. The lowest BCUT2D eigenvalue weighted by Crippen LogP contribution is -1.96. The van der Waals surface area contributed by atoms with Crippen molar-refractivity contribution in [1.29, 1.82) is 0 Å². The van der Waals surface area contributed by atoms with Gasteiger partial charge in [0, 0.05) is 12.4 Å². The topological polar surface area (TPSA) is 43.6 Å². The van der Waals surface area contributed by atoms with Crippen LogP contribution in [0.4, 0.5) is 0 Å². The first-order valence-electron chi connectivity index (χ1n) is 5.66. The van der Waals surface area contributed by atoms with Gasteiger partial charge in [0.2, 0.25) is 0 Å². The van der Waals surface area contributed by atoms with Gasteiger partial charge in [0.05, 0.1) is 16.5 Å². The normalized spacial score (nSPS) is 11.3. The molecule has 3 aromatic rings. The molecule has 7 heteroatoms. The lowest BCUT2D eigenvalue weighted by atomic mass is 10.4. The fourth-order valence-corrected chi connectivity index (χ4v) is 3.76. The second-order valence-corrected chi connectivity index (χ2v) is 6.35. The summed E-state index contributed by atoms with van der Waals surface area (Å²) in [6.07, 6.45) is 0. The van der Waals surface area contributed by atoms with Gasteiger partial charge in [-0.1, -0.05) is 23.4 Å². The molecular formula is C12H11ClN4S2. The summed E-state index contributed by atoms with van der Waals surface area (Å²) in [6.45, 7) is 1.98. The fraction of sp³-hybridized carbons (Fsp3) is 0.250. The van der Waals surface area contributed by atoms with Crippen LogP contribution in [0.15, 0.2) is 22.5 Å². The number of halogens is 1. The minimum atomic E-state index is 0.531. The molecule has 0 saturated carbocycles. The highest BCUT2D eigenvalue weighted by atomic mass is 35.5. The summed E-state index contributed by atoms with van der Waals surface area (Å²) in [4.78, 5) is 9.80. The number of hydrogen-bond acceptors (Lipinski definition) is 5. The first kappa shape index (κ1) is 12.9. The standard InChI is InChI=1S/C12H11ClN4S2/c1-7-5-10(17(2)16-7)19-6-9-14-11(13)8-3-4-18-12(8)15-9/h3-5H,6H2,1-2H3. The zero-order valence-corrected chi connectivity index (χ0v) is 12.8. The van der Waals surface area contributed by atoms with Crippen molar-refractivity contribution in [1.82, 2.24) is 19.7 Å². The van der Waals surface area contributed by atoms with Crippen LogP contribution in [0.5, 0.6) is 0 Å². The lowest BCUT2D eigenvalue weighted by molar-refractivity contribution is 0.692. The summed E-state index contributed by atoms with van der Waals surface area (Å²) in [5, 5.41) is 8.85. The van der Waals surface area contributed by atoms with E-state index in [0.717, 1.165) is 26.8 Å². The maximum absolute atomic E-state index is 6.15. The Morgan fingerprint density at radius 1 is 1.42 bits per heavy atom. The van der Waals surface area contributed by atoms with E-state index in [4.69, 9.17) is 11.6 Å². The first-order chi connectivity index (χ1) is 9.13. The molecule has 0 aliphatic heterocycles. The Balaban J connectivity index is 1.83. The van der Waals surface area contributed by atoms with Crippen molar-refractivity contribution in [2.45, 2.75) is 17.7 Å². The fourth-order valence-electron chi connectivity index (χ4n) is 1.79. The first-order valence-corrected chi connectivity index (χ1v) is 7.91. The van der Waals surface area contributed by atoms with E-state index in [9.17, 15) is 0 Å². The number of aromatic nitrogens is 4. The molecule has 0 amide bonds. The van der Waals surface area contributed by atoms with Crippen molar-refractivity contribution < 1.29 is 0 Å². The van der Waals surface area contributed by atoms with Crippen molar-refractivity contribution in [3.63, 3.8) is 0 Å². The smallest absolute Gasteiger partial charge is 0.142 e. The Morgan fingerprint density at radius 2 is 2.26 bits per heavy atom. The van der Waals surface area contributed by atoms with Gasteiger partial charge in [0.25, 0.3) is 0 Å². The number of hydrogen-bond donors (Lipinski definition) is 0.